The second-order valence-electron chi connectivity index (χ2n) is 5.46. The summed E-state index contributed by atoms with van der Waals surface area (Å²) in [7, 11) is 0. The van der Waals surface area contributed by atoms with E-state index in [9.17, 15) is 13.2 Å². The fraction of sp³-hybridized carbons (Fsp3) is 0.158. The Morgan fingerprint density at radius 3 is 2.67 bits per heavy atom. The fourth-order valence-electron chi connectivity index (χ4n) is 2.34. The van der Waals surface area contributed by atoms with Crippen molar-refractivity contribution in [2.45, 2.75) is 13.1 Å². The quantitative estimate of drug-likeness (QED) is 0.435. The zero-order valence-corrected chi connectivity index (χ0v) is 15.1. The Labute approximate surface area is 158 Å². The van der Waals surface area contributed by atoms with Crippen molar-refractivity contribution in [3.8, 4) is 17.0 Å². The van der Waals surface area contributed by atoms with Gasteiger partial charge >= 0.3 is 6.18 Å². The number of thiazole rings is 1. The van der Waals surface area contributed by atoms with Crippen molar-refractivity contribution in [1.29, 1.82) is 0 Å². The molecule has 0 unspecified atom stereocenters. The lowest BCUT2D eigenvalue weighted by Crippen LogP contribution is -2.07. The van der Waals surface area contributed by atoms with Crippen LogP contribution in [-0.4, -0.2) is 17.8 Å². The molecule has 0 fully saturated rings. The molecule has 0 radical (unpaired) electrons. The smallest absolute Gasteiger partial charge is 0.416 e. The third-order valence-corrected chi connectivity index (χ3v) is 4.32. The Hall–Kier alpha value is -2.87. The molecule has 8 heteroatoms. The minimum Gasteiger partial charge on any atom is -0.493 e. The van der Waals surface area contributed by atoms with E-state index in [-0.39, 0.29) is 5.56 Å². The number of anilines is 1. The lowest BCUT2D eigenvalue weighted by molar-refractivity contribution is -0.137. The molecule has 0 atom stereocenters. The van der Waals surface area contributed by atoms with Gasteiger partial charge in [-0.2, -0.15) is 18.3 Å². The first kappa shape index (κ1) is 18.9. The summed E-state index contributed by atoms with van der Waals surface area (Å²) in [5, 5.41) is 6.43. The first-order valence-corrected chi connectivity index (χ1v) is 8.99. The summed E-state index contributed by atoms with van der Waals surface area (Å²) in [6.45, 7) is 2.10. The third kappa shape index (κ3) is 4.85. The van der Waals surface area contributed by atoms with Crippen LogP contribution in [0.5, 0.6) is 5.75 Å². The number of benzene rings is 2. The molecule has 1 heterocycles. The van der Waals surface area contributed by atoms with E-state index in [1.54, 1.807) is 6.92 Å². The second kappa shape index (κ2) is 8.22. The minimum atomic E-state index is -4.43. The SMILES string of the molecule is CCOc1ccc(C(F)(F)F)cc1C=NNc1nc(-c2ccccc2)cs1. The molecule has 140 valence electrons. The summed E-state index contributed by atoms with van der Waals surface area (Å²) in [5.41, 5.74) is 4.00. The van der Waals surface area contributed by atoms with Crippen LogP contribution in [0.1, 0.15) is 18.1 Å². The van der Waals surface area contributed by atoms with Gasteiger partial charge in [-0.05, 0) is 25.1 Å². The molecule has 27 heavy (non-hydrogen) atoms. The number of hydrazone groups is 1. The predicted octanol–water partition coefficient (Wildman–Crippen LogP) is 5.67. The molecule has 4 nitrogen and oxygen atoms in total. The number of hydrogen-bond acceptors (Lipinski definition) is 5. The highest BCUT2D eigenvalue weighted by Crippen LogP contribution is 2.32. The Morgan fingerprint density at radius 1 is 1.19 bits per heavy atom. The van der Waals surface area contributed by atoms with Crippen molar-refractivity contribution >= 4 is 22.7 Å². The fourth-order valence-corrected chi connectivity index (χ4v) is 3.00. The molecule has 0 amide bonds. The average molecular weight is 391 g/mol. The summed E-state index contributed by atoms with van der Waals surface area (Å²) in [5.74, 6) is 0.333. The zero-order chi connectivity index (χ0) is 19.3. The number of hydrogen-bond donors (Lipinski definition) is 1. The standard InChI is InChI=1S/C19H16F3N3OS/c1-2-26-17-9-8-15(19(20,21)22)10-14(17)11-23-25-18-24-16(12-27-18)13-6-4-3-5-7-13/h3-12H,2H2,1H3,(H,24,25). The van der Waals surface area contributed by atoms with Gasteiger partial charge in [0.15, 0.2) is 0 Å². The van der Waals surface area contributed by atoms with Crippen molar-refractivity contribution in [1.82, 2.24) is 4.98 Å². The van der Waals surface area contributed by atoms with Gasteiger partial charge in [-0.1, -0.05) is 30.3 Å². The molecule has 0 bridgehead atoms. The summed E-state index contributed by atoms with van der Waals surface area (Å²) in [6.07, 6.45) is -3.13. The van der Waals surface area contributed by atoms with E-state index in [0.29, 0.717) is 17.5 Å². The maximum Gasteiger partial charge on any atom is 0.416 e. The first-order valence-electron chi connectivity index (χ1n) is 8.11. The van der Waals surface area contributed by atoms with Gasteiger partial charge in [-0.25, -0.2) is 4.98 Å². The van der Waals surface area contributed by atoms with E-state index >= 15 is 0 Å². The molecule has 0 saturated heterocycles. The lowest BCUT2D eigenvalue weighted by atomic mass is 10.1. The molecule has 1 N–H and O–H groups in total. The van der Waals surface area contributed by atoms with Crippen LogP contribution in [0.15, 0.2) is 59.0 Å². The van der Waals surface area contributed by atoms with E-state index in [2.05, 4.69) is 15.5 Å². The Bertz CT molecular complexity index is 923. The average Bonchev–Trinajstić information content (AvgIpc) is 3.12. The van der Waals surface area contributed by atoms with E-state index < -0.39 is 11.7 Å². The number of halogens is 3. The van der Waals surface area contributed by atoms with Gasteiger partial charge in [0, 0.05) is 16.5 Å². The highest BCUT2D eigenvalue weighted by atomic mass is 32.1. The van der Waals surface area contributed by atoms with Gasteiger partial charge < -0.3 is 4.74 Å². The van der Waals surface area contributed by atoms with E-state index in [1.165, 1.54) is 23.6 Å². The van der Waals surface area contributed by atoms with Crippen LogP contribution in [0.4, 0.5) is 18.3 Å². The lowest BCUT2D eigenvalue weighted by Gasteiger charge is -2.11. The molecule has 0 aliphatic carbocycles. The maximum atomic E-state index is 12.9. The molecular weight excluding hydrogens is 375 g/mol. The minimum absolute atomic E-state index is 0.235. The first-order chi connectivity index (χ1) is 13.0. The Balaban J connectivity index is 1.77. The predicted molar refractivity (Wildman–Crippen MR) is 101 cm³/mol. The van der Waals surface area contributed by atoms with Gasteiger partial charge in [0.05, 0.1) is 24.1 Å². The number of ether oxygens (including phenoxy) is 1. The van der Waals surface area contributed by atoms with Gasteiger partial charge in [0.1, 0.15) is 5.75 Å². The van der Waals surface area contributed by atoms with Crippen LogP contribution in [0.25, 0.3) is 11.3 Å². The number of nitrogens with zero attached hydrogens (tertiary/aromatic N) is 2. The van der Waals surface area contributed by atoms with Crippen LogP contribution >= 0.6 is 11.3 Å². The zero-order valence-electron chi connectivity index (χ0n) is 14.3. The van der Waals surface area contributed by atoms with Crippen molar-refractivity contribution < 1.29 is 17.9 Å². The third-order valence-electron chi connectivity index (χ3n) is 3.57. The molecule has 0 aliphatic rings. The topological polar surface area (TPSA) is 46.5 Å². The number of nitrogens with one attached hydrogen (secondary N) is 1. The Morgan fingerprint density at radius 2 is 1.96 bits per heavy atom. The molecule has 3 rings (SSSR count). The molecule has 0 spiro atoms. The van der Waals surface area contributed by atoms with E-state index in [1.807, 2.05) is 35.7 Å². The number of rotatable bonds is 6. The van der Waals surface area contributed by atoms with Gasteiger partial charge in [0.2, 0.25) is 5.13 Å². The number of aromatic nitrogens is 1. The van der Waals surface area contributed by atoms with Crippen molar-refractivity contribution in [3.05, 3.63) is 65.0 Å². The van der Waals surface area contributed by atoms with Gasteiger partial charge in [0.25, 0.3) is 0 Å². The molecule has 0 saturated carbocycles. The van der Waals surface area contributed by atoms with Crippen molar-refractivity contribution in [2.75, 3.05) is 12.0 Å². The van der Waals surface area contributed by atoms with Crippen LogP contribution in [0, 0.1) is 0 Å². The second-order valence-corrected chi connectivity index (χ2v) is 6.32. The molecule has 3 aromatic rings. The van der Waals surface area contributed by atoms with Crippen molar-refractivity contribution in [3.63, 3.8) is 0 Å². The van der Waals surface area contributed by atoms with E-state index in [4.69, 9.17) is 4.74 Å². The van der Waals surface area contributed by atoms with Gasteiger partial charge in [-0.15, -0.1) is 11.3 Å². The van der Waals surface area contributed by atoms with Crippen LogP contribution < -0.4 is 10.2 Å². The summed E-state index contributed by atoms with van der Waals surface area (Å²) < 4.78 is 44.2. The number of alkyl halides is 3. The highest BCUT2D eigenvalue weighted by molar-refractivity contribution is 7.14. The van der Waals surface area contributed by atoms with Crippen molar-refractivity contribution in [2.24, 2.45) is 5.10 Å². The summed E-state index contributed by atoms with van der Waals surface area (Å²) >= 11 is 1.35. The normalized spacial score (nSPS) is 11.7. The monoisotopic (exact) mass is 391 g/mol. The molecule has 0 aliphatic heterocycles. The van der Waals surface area contributed by atoms with Crippen LogP contribution in [0.2, 0.25) is 0 Å². The Kier molecular flexibility index (Phi) is 5.75. The summed E-state index contributed by atoms with van der Waals surface area (Å²) in [4.78, 5) is 4.41. The molecular formula is C19H16F3N3OS. The highest BCUT2D eigenvalue weighted by Gasteiger charge is 2.31. The van der Waals surface area contributed by atoms with E-state index in [0.717, 1.165) is 23.4 Å². The maximum absolute atomic E-state index is 12.9. The van der Waals surface area contributed by atoms with Crippen LogP contribution in [-0.2, 0) is 6.18 Å². The largest absolute Gasteiger partial charge is 0.493 e. The van der Waals surface area contributed by atoms with Crippen LogP contribution in [0.3, 0.4) is 0 Å². The molecule has 1 aromatic heterocycles. The van der Waals surface area contributed by atoms with Gasteiger partial charge in [-0.3, -0.25) is 5.43 Å². The molecule has 2 aromatic carbocycles. The summed E-state index contributed by atoms with van der Waals surface area (Å²) in [6, 6.07) is 12.9.